The predicted octanol–water partition coefficient (Wildman–Crippen LogP) is 4.54. The number of anilines is 2. The van der Waals surface area contributed by atoms with E-state index in [1.165, 1.54) is 16.7 Å². The van der Waals surface area contributed by atoms with E-state index < -0.39 is 30.0 Å². The summed E-state index contributed by atoms with van der Waals surface area (Å²) in [4.78, 5) is 18.5. The van der Waals surface area contributed by atoms with Crippen molar-refractivity contribution >= 4 is 29.0 Å². The number of hydrogen-bond donors (Lipinski definition) is 1. The molecule has 1 amide bonds. The summed E-state index contributed by atoms with van der Waals surface area (Å²) in [7, 11) is 0. The Hall–Kier alpha value is -2.49. The molecule has 1 aliphatic heterocycles. The second-order valence-electron chi connectivity index (χ2n) is 6.67. The van der Waals surface area contributed by atoms with Crippen molar-refractivity contribution in [2.45, 2.75) is 31.0 Å². The van der Waals surface area contributed by atoms with Crippen LogP contribution in [0.5, 0.6) is 5.75 Å². The zero-order chi connectivity index (χ0) is 21.1. The minimum atomic E-state index is -3.33. The van der Waals surface area contributed by atoms with Crippen molar-refractivity contribution in [3.63, 3.8) is 0 Å². The van der Waals surface area contributed by atoms with Crippen LogP contribution in [0.1, 0.15) is 13.3 Å². The van der Waals surface area contributed by atoms with Crippen molar-refractivity contribution in [2.24, 2.45) is 5.92 Å². The molecule has 29 heavy (non-hydrogen) atoms. The van der Waals surface area contributed by atoms with E-state index in [0.29, 0.717) is 23.7 Å². The first-order valence-corrected chi connectivity index (χ1v) is 10.0. The van der Waals surface area contributed by atoms with E-state index in [1.54, 1.807) is 18.3 Å². The quantitative estimate of drug-likeness (QED) is 0.540. The molecule has 10 heteroatoms. The van der Waals surface area contributed by atoms with E-state index in [4.69, 9.17) is 0 Å². The average molecular weight is 429 g/mol. The Labute approximate surface area is 169 Å². The summed E-state index contributed by atoms with van der Waals surface area (Å²) < 4.78 is 57.5. The second kappa shape index (κ2) is 8.89. The smallest absolute Gasteiger partial charge is 0.387 e. The molecule has 1 aliphatic rings. The zero-order valence-corrected chi connectivity index (χ0v) is 16.5. The summed E-state index contributed by atoms with van der Waals surface area (Å²) in [6.07, 6.45) is 3.82. The standard InChI is InChI=1S/C19H19F4N3O2S/c1-10-7-14(18(27)25-11-5-6-24-15(8-11)29-2)26(9-10)13-4-3-12(20)16(21)17(13)28-19(22)23/h3-6,8,10,14,19H,7,9H2,1-2H3,(H,24,25,27). The molecule has 1 N–H and O–H groups in total. The molecular weight excluding hydrogens is 410 g/mol. The van der Waals surface area contributed by atoms with Crippen molar-refractivity contribution in [1.82, 2.24) is 4.98 Å². The van der Waals surface area contributed by atoms with Gasteiger partial charge in [0, 0.05) is 18.4 Å². The SMILES string of the molecule is CSc1cc(NC(=O)C2CC(C)CN2c2ccc(F)c(F)c2OC(F)F)ccn1. The normalized spacial score (nSPS) is 18.9. The van der Waals surface area contributed by atoms with Gasteiger partial charge in [-0.25, -0.2) is 9.37 Å². The number of nitrogens with one attached hydrogen (secondary N) is 1. The monoisotopic (exact) mass is 429 g/mol. The van der Waals surface area contributed by atoms with E-state index in [9.17, 15) is 22.4 Å². The third-order valence-corrected chi connectivity index (χ3v) is 5.21. The Morgan fingerprint density at radius 1 is 1.34 bits per heavy atom. The van der Waals surface area contributed by atoms with Gasteiger partial charge in [0.05, 0.1) is 10.7 Å². The van der Waals surface area contributed by atoms with Gasteiger partial charge in [0.15, 0.2) is 11.6 Å². The Bertz CT molecular complexity index is 900. The summed E-state index contributed by atoms with van der Waals surface area (Å²) >= 11 is 1.41. The molecule has 2 unspecified atom stereocenters. The number of halogens is 4. The van der Waals surface area contributed by atoms with Gasteiger partial charge >= 0.3 is 6.61 Å². The maximum absolute atomic E-state index is 14.2. The van der Waals surface area contributed by atoms with Crippen LogP contribution in [0.4, 0.5) is 28.9 Å². The number of amides is 1. The fraction of sp³-hybridized carbons (Fsp3) is 0.368. The van der Waals surface area contributed by atoms with E-state index in [-0.39, 0.29) is 17.5 Å². The minimum absolute atomic E-state index is 0.0254. The van der Waals surface area contributed by atoms with E-state index in [2.05, 4.69) is 15.0 Å². The van der Waals surface area contributed by atoms with Crippen molar-refractivity contribution in [2.75, 3.05) is 23.0 Å². The topological polar surface area (TPSA) is 54.5 Å². The fourth-order valence-corrected chi connectivity index (χ4v) is 3.75. The van der Waals surface area contributed by atoms with Crippen LogP contribution in [0.2, 0.25) is 0 Å². The van der Waals surface area contributed by atoms with Crippen LogP contribution in [-0.2, 0) is 4.79 Å². The van der Waals surface area contributed by atoms with Crippen molar-refractivity contribution in [3.8, 4) is 5.75 Å². The number of thioether (sulfide) groups is 1. The van der Waals surface area contributed by atoms with Crippen molar-refractivity contribution < 1.29 is 27.1 Å². The number of aromatic nitrogens is 1. The highest BCUT2D eigenvalue weighted by Gasteiger charge is 2.37. The number of rotatable bonds is 6. The van der Waals surface area contributed by atoms with E-state index in [1.807, 2.05) is 13.2 Å². The zero-order valence-electron chi connectivity index (χ0n) is 15.7. The summed E-state index contributed by atoms with van der Waals surface area (Å²) in [5.74, 6) is -4.09. The molecule has 2 heterocycles. The van der Waals surface area contributed by atoms with E-state index in [0.717, 1.165) is 12.1 Å². The minimum Gasteiger partial charge on any atom is -0.429 e. The largest absolute Gasteiger partial charge is 0.429 e. The molecule has 1 fully saturated rings. The van der Waals surface area contributed by atoms with Gasteiger partial charge in [0.1, 0.15) is 6.04 Å². The third-order valence-electron chi connectivity index (χ3n) is 4.57. The molecule has 1 saturated heterocycles. The molecular formula is C19H19F4N3O2S. The van der Waals surface area contributed by atoms with Crippen LogP contribution < -0.4 is 15.0 Å². The number of ether oxygens (including phenoxy) is 1. The Balaban J connectivity index is 1.90. The Kier molecular flexibility index (Phi) is 6.51. The lowest BCUT2D eigenvalue weighted by Gasteiger charge is -2.28. The summed E-state index contributed by atoms with van der Waals surface area (Å²) in [6, 6.07) is 4.54. The van der Waals surface area contributed by atoms with Gasteiger partial charge in [-0.3, -0.25) is 4.79 Å². The first-order valence-electron chi connectivity index (χ1n) is 8.80. The van der Waals surface area contributed by atoms with E-state index >= 15 is 0 Å². The van der Waals surface area contributed by atoms with Gasteiger partial charge in [0.2, 0.25) is 11.7 Å². The summed E-state index contributed by atoms with van der Waals surface area (Å²) in [6.45, 7) is -1.15. The van der Waals surface area contributed by atoms with Crippen LogP contribution >= 0.6 is 11.8 Å². The molecule has 0 bridgehead atoms. The number of carbonyl (C=O) groups excluding carboxylic acids is 1. The molecule has 2 aromatic rings. The maximum Gasteiger partial charge on any atom is 0.387 e. The van der Waals surface area contributed by atoms with Crippen LogP contribution in [-0.4, -0.2) is 36.3 Å². The van der Waals surface area contributed by atoms with Crippen LogP contribution in [0.15, 0.2) is 35.5 Å². The third kappa shape index (κ3) is 4.75. The molecule has 0 saturated carbocycles. The van der Waals surface area contributed by atoms with Crippen LogP contribution in [0.3, 0.4) is 0 Å². The summed E-state index contributed by atoms with van der Waals surface area (Å²) in [5.41, 5.74) is 0.441. The first-order chi connectivity index (χ1) is 13.8. The molecule has 1 aromatic carbocycles. The second-order valence-corrected chi connectivity index (χ2v) is 7.50. The molecule has 0 aliphatic carbocycles. The molecule has 1 aromatic heterocycles. The molecule has 156 valence electrons. The van der Waals surface area contributed by atoms with Crippen LogP contribution in [0, 0.1) is 17.6 Å². The molecule has 2 atom stereocenters. The molecule has 5 nitrogen and oxygen atoms in total. The molecule has 0 radical (unpaired) electrons. The number of carbonyl (C=O) groups is 1. The highest BCUT2D eigenvalue weighted by molar-refractivity contribution is 7.98. The maximum atomic E-state index is 14.2. The highest BCUT2D eigenvalue weighted by Crippen LogP contribution is 2.39. The van der Waals surface area contributed by atoms with Crippen molar-refractivity contribution in [3.05, 3.63) is 42.1 Å². The Morgan fingerprint density at radius 3 is 2.79 bits per heavy atom. The molecule has 3 rings (SSSR count). The lowest BCUT2D eigenvalue weighted by molar-refractivity contribution is -0.117. The van der Waals surface area contributed by atoms with Gasteiger partial charge in [-0.2, -0.15) is 13.2 Å². The Morgan fingerprint density at radius 2 is 2.10 bits per heavy atom. The lowest BCUT2D eigenvalue weighted by Crippen LogP contribution is -2.40. The van der Waals surface area contributed by atoms with Gasteiger partial charge in [-0.1, -0.05) is 6.92 Å². The number of alkyl halides is 2. The fourth-order valence-electron chi connectivity index (χ4n) is 3.33. The number of pyridine rings is 1. The highest BCUT2D eigenvalue weighted by atomic mass is 32.2. The number of nitrogens with zero attached hydrogens (tertiary/aromatic N) is 2. The number of hydrogen-bond acceptors (Lipinski definition) is 5. The lowest BCUT2D eigenvalue weighted by atomic mass is 10.1. The first kappa shape index (κ1) is 21.2. The van der Waals surface area contributed by atoms with Gasteiger partial charge in [0.25, 0.3) is 0 Å². The van der Waals surface area contributed by atoms with Gasteiger partial charge < -0.3 is 15.0 Å². The molecule has 0 spiro atoms. The van der Waals surface area contributed by atoms with Crippen LogP contribution in [0.25, 0.3) is 0 Å². The predicted molar refractivity (Wildman–Crippen MR) is 103 cm³/mol. The number of benzene rings is 1. The summed E-state index contributed by atoms with van der Waals surface area (Å²) in [5, 5.41) is 3.49. The van der Waals surface area contributed by atoms with Gasteiger partial charge in [-0.15, -0.1) is 11.8 Å². The average Bonchev–Trinajstić information content (AvgIpc) is 3.07. The van der Waals surface area contributed by atoms with Gasteiger partial charge in [-0.05, 0) is 42.9 Å². The van der Waals surface area contributed by atoms with Crippen molar-refractivity contribution in [1.29, 1.82) is 0 Å².